The van der Waals surface area contributed by atoms with Crippen LogP contribution in [-0.4, -0.2) is 16.1 Å². The summed E-state index contributed by atoms with van der Waals surface area (Å²) in [6, 6.07) is 16.7. The van der Waals surface area contributed by atoms with Crippen molar-refractivity contribution < 1.29 is 0 Å². The van der Waals surface area contributed by atoms with Crippen LogP contribution in [0.2, 0.25) is 0 Å². The first-order valence-corrected chi connectivity index (χ1v) is 9.07. The number of hydrogen-bond donors (Lipinski definition) is 1. The van der Waals surface area contributed by atoms with Crippen LogP contribution in [0.4, 0.5) is 0 Å². The quantitative estimate of drug-likeness (QED) is 0.706. The number of benzene rings is 2. The number of nitrogens with two attached hydrogens (primary N) is 1. The van der Waals surface area contributed by atoms with E-state index >= 15 is 0 Å². The minimum Gasteiger partial charge on any atom is -0.330 e. The van der Waals surface area contributed by atoms with Gasteiger partial charge in [0.25, 0.3) is 0 Å². The Labute approximate surface area is 154 Å². The molecular formula is C22H24N4. The van der Waals surface area contributed by atoms with Gasteiger partial charge in [-0.1, -0.05) is 37.3 Å². The molecule has 0 bridgehead atoms. The highest BCUT2D eigenvalue weighted by molar-refractivity contribution is 5.68. The molecule has 0 saturated carbocycles. The van der Waals surface area contributed by atoms with Gasteiger partial charge in [0.15, 0.2) is 0 Å². The van der Waals surface area contributed by atoms with E-state index in [2.05, 4.69) is 46.8 Å². The smallest absolute Gasteiger partial charge is 0.108 e. The van der Waals surface area contributed by atoms with Crippen LogP contribution < -0.4 is 5.73 Å². The third kappa shape index (κ3) is 4.01. The van der Waals surface area contributed by atoms with Crippen LogP contribution in [0.3, 0.4) is 0 Å². The van der Waals surface area contributed by atoms with E-state index in [4.69, 9.17) is 5.73 Å². The number of hydrogen-bond acceptors (Lipinski definition) is 3. The van der Waals surface area contributed by atoms with Crippen molar-refractivity contribution in [3.05, 3.63) is 77.4 Å². The SMILES string of the molecule is CCCc1nccn1Cc1cc(C#N)ccc1-c1ccc(CCN)cc1. The van der Waals surface area contributed by atoms with Gasteiger partial charge in [0.2, 0.25) is 0 Å². The molecule has 0 unspecified atom stereocenters. The molecule has 0 amide bonds. The van der Waals surface area contributed by atoms with Crippen molar-refractivity contribution in [2.75, 3.05) is 6.54 Å². The second kappa shape index (κ2) is 8.46. The molecule has 0 radical (unpaired) electrons. The van der Waals surface area contributed by atoms with E-state index in [0.29, 0.717) is 18.7 Å². The fourth-order valence-corrected chi connectivity index (χ4v) is 3.21. The minimum absolute atomic E-state index is 0.655. The maximum absolute atomic E-state index is 9.30. The molecule has 4 nitrogen and oxygen atoms in total. The molecule has 2 N–H and O–H groups in total. The normalized spacial score (nSPS) is 10.7. The summed E-state index contributed by atoms with van der Waals surface area (Å²) in [7, 11) is 0. The number of nitriles is 1. The lowest BCUT2D eigenvalue weighted by Gasteiger charge is -2.13. The highest BCUT2D eigenvalue weighted by Crippen LogP contribution is 2.26. The molecule has 0 atom stereocenters. The van der Waals surface area contributed by atoms with Gasteiger partial charge in [-0.05, 0) is 53.8 Å². The van der Waals surface area contributed by atoms with Crippen molar-refractivity contribution >= 4 is 0 Å². The number of imidazole rings is 1. The van der Waals surface area contributed by atoms with Crippen LogP contribution in [0.5, 0.6) is 0 Å². The molecule has 2 aromatic carbocycles. The largest absolute Gasteiger partial charge is 0.330 e. The van der Waals surface area contributed by atoms with Crippen molar-refractivity contribution in [1.82, 2.24) is 9.55 Å². The first kappa shape index (κ1) is 17.9. The van der Waals surface area contributed by atoms with Gasteiger partial charge in [-0.3, -0.25) is 0 Å². The molecule has 0 spiro atoms. The molecule has 1 aromatic heterocycles. The zero-order valence-electron chi connectivity index (χ0n) is 15.2. The standard InChI is InChI=1S/C22H24N4/c1-2-3-22-25-12-13-26(22)16-20-14-18(15-24)6-9-21(20)19-7-4-17(5-8-19)10-11-23/h4-9,12-14H,2-3,10-11,16,23H2,1H3. The summed E-state index contributed by atoms with van der Waals surface area (Å²) in [5.41, 5.74) is 11.0. The Kier molecular flexibility index (Phi) is 5.83. The number of aryl methyl sites for hydroxylation is 1. The summed E-state index contributed by atoms with van der Waals surface area (Å²) in [5, 5.41) is 9.30. The zero-order valence-corrected chi connectivity index (χ0v) is 15.2. The lowest BCUT2D eigenvalue weighted by Crippen LogP contribution is -2.06. The highest BCUT2D eigenvalue weighted by atomic mass is 15.1. The molecule has 0 aliphatic heterocycles. The summed E-state index contributed by atoms with van der Waals surface area (Å²) < 4.78 is 2.17. The van der Waals surface area contributed by atoms with E-state index in [9.17, 15) is 5.26 Å². The average molecular weight is 344 g/mol. The van der Waals surface area contributed by atoms with Crippen molar-refractivity contribution in [1.29, 1.82) is 5.26 Å². The predicted molar refractivity (Wildman–Crippen MR) is 105 cm³/mol. The van der Waals surface area contributed by atoms with E-state index in [1.165, 1.54) is 5.56 Å². The van der Waals surface area contributed by atoms with Crippen LogP contribution in [0.25, 0.3) is 11.1 Å². The van der Waals surface area contributed by atoms with Gasteiger partial charge in [0.1, 0.15) is 5.82 Å². The van der Waals surface area contributed by atoms with Gasteiger partial charge in [0.05, 0.1) is 11.6 Å². The fraction of sp³-hybridized carbons (Fsp3) is 0.273. The van der Waals surface area contributed by atoms with Crippen molar-refractivity contribution in [3.8, 4) is 17.2 Å². The molecule has 26 heavy (non-hydrogen) atoms. The van der Waals surface area contributed by atoms with Crippen LogP contribution >= 0.6 is 0 Å². The van der Waals surface area contributed by atoms with Gasteiger partial charge in [-0.2, -0.15) is 5.26 Å². The highest BCUT2D eigenvalue weighted by Gasteiger charge is 2.10. The number of aromatic nitrogens is 2. The van der Waals surface area contributed by atoms with E-state index in [-0.39, 0.29) is 0 Å². The van der Waals surface area contributed by atoms with E-state index in [1.807, 2.05) is 30.6 Å². The van der Waals surface area contributed by atoms with E-state index in [1.54, 1.807) is 0 Å². The van der Waals surface area contributed by atoms with Crippen molar-refractivity contribution in [2.45, 2.75) is 32.7 Å². The molecule has 0 aliphatic carbocycles. The Balaban J connectivity index is 1.97. The van der Waals surface area contributed by atoms with Crippen LogP contribution in [-0.2, 0) is 19.4 Å². The number of nitrogens with zero attached hydrogens (tertiary/aromatic N) is 3. The second-order valence-corrected chi connectivity index (χ2v) is 6.44. The molecular weight excluding hydrogens is 320 g/mol. The monoisotopic (exact) mass is 344 g/mol. The Morgan fingerprint density at radius 2 is 1.92 bits per heavy atom. The summed E-state index contributed by atoms with van der Waals surface area (Å²) in [4.78, 5) is 4.47. The van der Waals surface area contributed by atoms with E-state index in [0.717, 1.165) is 41.8 Å². The first-order chi connectivity index (χ1) is 12.7. The maximum Gasteiger partial charge on any atom is 0.108 e. The summed E-state index contributed by atoms with van der Waals surface area (Å²) in [6.07, 6.45) is 6.76. The lowest BCUT2D eigenvalue weighted by atomic mass is 9.96. The first-order valence-electron chi connectivity index (χ1n) is 9.07. The summed E-state index contributed by atoms with van der Waals surface area (Å²) in [6.45, 7) is 3.52. The molecule has 0 aliphatic rings. The topological polar surface area (TPSA) is 67.6 Å². The third-order valence-corrected chi connectivity index (χ3v) is 4.55. The second-order valence-electron chi connectivity index (χ2n) is 6.44. The minimum atomic E-state index is 0.655. The lowest BCUT2D eigenvalue weighted by molar-refractivity contribution is 0.706. The van der Waals surface area contributed by atoms with Crippen LogP contribution in [0.1, 0.15) is 35.9 Å². The van der Waals surface area contributed by atoms with Crippen molar-refractivity contribution in [3.63, 3.8) is 0 Å². The zero-order chi connectivity index (χ0) is 18.4. The molecule has 3 rings (SSSR count). The van der Waals surface area contributed by atoms with Gasteiger partial charge >= 0.3 is 0 Å². The van der Waals surface area contributed by atoms with Crippen LogP contribution in [0.15, 0.2) is 54.9 Å². The maximum atomic E-state index is 9.30. The predicted octanol–water partition coefficient (Wildman–Crippen LogP) is 3.92. The van der Waals surface area contributed by atoms with Gasteiger partial charge in [-0.15, -0.1) is 0 Å². The molecule has 1 heterocycles. The Hall–Kier alpha value is -2.90. The van der Waals surface area contributed by atoms with Gasteiger partial charge < -0.3 is 10.3 Å². The average Bonchev–Trinajstić information content (AvgIpc) is 3.10. The van der Waals surface area contributed by atoms with Gasteiger partial charge in [0, 0.05) is 25.4 Å². The van der Waals surface area contributed by atoms with E-state index < -0.39 is 0 Å². The molecule has 3 aromatic rings. The Morgan fingerprint density at radius 3 is 2.62 bits per heavy atom. The summed E-state index contributed by atoms with van der Waals surface area (Å²) >= 11 is 0. The van der Waals surface area contributed by atoms with Gasteiger partial charge in [-0.25, -0.2) is 4.98 Å². The van der Waals surface area contributed by atoms with Crippen LogP contribution in [0, 0.1) is 11.3 Å². The molecule has 0 saturated heterocycles. The summed E-state index contributed by atoms with van der Waals surface area (Å²) in [5.74, 6) is 1.08. The third-order valence-electron chi connectivity index (χ3n) is 4.55. The molecule has 0 fully saturated rings. The fourth-order valence-electron chi connectivity index (χ4n) is 3.21. The Morgan fingerprint density at radius 1 is 1.12 bits per heavy atom. The molecule has 132 valence electrons. The molecule has 4 heteroatoms. The Bertz CT molecular complexity index is 901. The van der Waals surface area contributed by atoms with Crippen molar-refractivity contribution in [2.24, 2.45) is 5.73 Å². The number of rotatable bonds is 7.